The van der Waals surface area contributed by atoms with Crippen LogP contribution in [0.1, 0.15) is 84.9 Å². The fraction of sp³-hybridized carbons (Fsp3) is 0.607. The first-order valence-corrected chi connectivity index (χ1v) is 14.0. The summed E-state index contributed by atoms with van der Waals surface area (Å²) in [5.41, 5.74) is 1.28. The lowest BCUT2D eigenvalue weighted by Crippen LogP contribution is -2.40. The number of halogens is 1. The zero-order chi connectivity index (χ0) is 27.4. The Bertz CT molecular complexity index is 1050. The second kappa shape index (κ2) is 16.4. The fourth-order valence-electron chi connectivity index (χ4n) is 4.41. The number of nitrogens with zero attached hydrogens (tertiary/aromatic N) is 3. The second-order valence-corrected chi connectivity index (χ2v) is 10.4. The van der Waals surface area contributed by atoms with Gasteiger partial charge >= 0.3 is 5.97 Å². The average Bonchev–Trinajstić information content (AvgIpc) is 3.27. The van der Waals surface area contributed by atoms with Crippen molar-refractivity contribution in [2.45, 2.75) is 84.8 Å². The molecule has 10 heteroatoms. The van der Waals surface area contributed by atoms with E-state index in [1.807, 2.05) is 56.6 Å². The maximum Gasteiger partial charge on any atom is 0.320 e. The lowest BCUT2D eigenvalue weighted by molar-refractivity contribution is -0.158. The minimum absolute atomic E-state index is 0. The molecule has 212 valence electrons. The molecule has 1 aromatic heterocycles. The van der Waals surface area contributed by atoms with Crippen LogP contribution in [0.2, 0.25) is 0 Å². The van der Waals surface area contributed by atoms with E-state index in [4.69, 9.17) is 14.6 Å². The molecule has 1 aliphatic heterocycles. The predicted molar refractivity (Wildman–Crippen MR) is 153 cm³/mol. The van der Waals surface area contributed by atoms with Crippen LogP contribution in [0.4, 0.5) is 0 Å². The van der Waals surface area contributed by atoms with Crippen molar-refractivity contribution in [1.29, 1.82) is 0 Å². The number of hydrogen-bond acceptors (Lipinski definition) is 7. The number of carbonyl (C=O) groups is 4. The van der Waals surface area contributed by atoms with Gasteiger partial charge in [-0.25, -0.2) is 0 Å². The van der Waals surface area contributed by atoms with Crippen molar-refractivity contribution in [3.05, 3.63) is 30.0 Å². The molecule has 1 aliphatic rings. The lowest BCUT2D eigenvalue weighted by atomic mass is 9.96. The number of fused-ring (bicyclic) bond motifs is 1. The van der Waals surface area contributed by atoms with Gasteiger partial charge in [0.1, 0.15) is 11.9 Å². The van der Waals surface area contributed by atoms with Gasteiger partial charge in [-0.2, -0.15) is 5.10 Å². The molecule has 0 aliphatic carbocycles. The molecule has 1 saturated heterocycles. The van der Waals surface area contributed by atoms with Crippen LogP contribution in [-0.2, 0) is 23.9 Å². The minimum atomic E-state index is -0.469. The molecule has 3 rings (SSSR count). The van der Waals surface area contributed by atoms with E-state index in [9.17, 15) is 14.4 Å². The van der Waals surface area contributed by atoms with E-state index in [0.29, 0.717) is 24.7 Å². The number of likely N-dealkylation sites (tertiary alicyclic amines) is 1. The van der Waals surface area contributed by atoms with E-state index in [0.717, 1.165) is 61.7 Å². The minimum Gasteiger partial charge on any atom is -0.459 e. The van der Waals surface area contributed by atoms with Gasteiger partial charge in [0.25, 0.3) is 0 Å². The van der Waals surface area contributed by atoms with Crippen LogP contribution in [0.25, 0.3) is 10.9 Å². The summed E-state index contributed by atoms with van der Waals surface area (Å²) in [5, 5.41) is 8.62. The van der Waals surface area contributed by atoms with Crippen molar-refractivity contribution in [3.63, 3.8) is 0 Å². The second-order valence-electron chi connectivity index (χ2n) is 9.73. The average molecular weight is 596 g/mol. The Morgan fingerprint density at radius 1 is 1.21 bits per heavy atom. The van der Waals surface area contributed by atoms with E-state index in [2.05, 4.69) is 26.1 Å². The van der Waals surface area contributed by atoms with Gasteiger partial charge in [0.15, 0.2) is 0 Å². The normalized spacial score (nSPS) is 15.0. The van der Waals surface area contributed by atoms with Gasteiger partial charge in [-0.3, -0.25) is 29.3 Å². The van der Waals surface area contributed by atoms with Gasteiger partial charge in [-0.1, -0.05) is 61.8 Å². The molecule has 1 aromatic carbocycles. The summed E-state index contributed by atoms with van der Waals surface area (Å²) in [6, 6.07) is 8.13. The molecule has 0 radical (unpaired) electrons. The summed E-state index contributed by atoms with van der Waals surface area (Å²) in [6.07, 6.45) is 5.14. The predicted octanol–water partition coefficient (Wildman–Crippen LogP) is 4.78. The van der Waals surface area contributed by atoms with Crippen LogP contribution < -0.4 is 5.32 Å². The number of benzene rings is 1. The zero-order valence-corrected chi connectivity index (χ0v) is 23.8. The summed E-state index contributed by atoms with van der Waals surface area (Å²) in [6.45, 7) is 9.74. The zero-order valence-electron chi connectivity index (χ0n) is 22.2. The first-order valence-electron chi connectivity index (χ1n) is 12.9. The maximum absolute atomic E-state index is 12.6. The smallest absolute Gasteiger partial charge is 0.320 e. The molecular weight excluding hydrogens is 552 g/mol. The van der Waals surface area contributed by atoms with Gasteiger partial charge in [0.2, 0.25) is 12.3 Å². The number of esters is 1. The van der Waals surface area contributed by atoms with Crippen molar-refractivity contribution >= 4 is 51.4 Å². The third-order valence-electron chi connectivity index (χ3n) is 6.63. The third-order valence-corrected chi connectivity index (χ3v) is 6.89. The molecule has 1 N–H and O–H groups in total. The Morgan fingerprint density at radius 2 is 1.84 bits per heavy atom. The molecule has 2 aromatic rings. The number of carbonyl (C=O) groups excluding carboxylic acids is 4. The molecule has 1 fully saturated rings. The number of rotatable bonds is 11. The largest absolute Gasteiger partial charge is 0.459 e. The van der Waals surface area contributed by atoms with Crippen LogP contribution in [0.5, 0.6) is 0 Å². The lowest BCUT2D eigenvalue weighted by Gasteiger charge is -2.32. The van der Waals surface area contributed by atoms with E-state index in [1.54, 1.807) is 0 Å². The van der Waals surface area contributed by atoms with E-state index in [-0.39, 0.29) is 25.3 Å². The molecule has 38 heavy (non-hydrogen) atoms. The maximum atomic E-state index is 12.6. The number of aldehydes is 1. The third kappa shape index (κ3) is 9.31. The van der Waals surface area contributed by atoms with Crippen LogP contribution in [0, 0.1) is 0 Å². The number of alkyl halides is 1. The summed E-state index contributed by atoms with van der Waals surface area (Å²) >= 11 is 2.88. The van der Waals surface area contributed by atoms with Gasteiger partial charge < -0.3 is 9.53 Å². The molecule has 0 saturated carbocycles. The van der Waals surface area contributed by atoms with Gasteiger partial charge in [-0.15, -0.1) is 0 Å². The van der Waals surface area contributed by atoms with E-state index >= 15 is 0 Å². The standard InChI is InChI=1S/C25H36N4O4.C2H3BrO.CH4/c1-5-9-20(24(32)26-17-30)23-19-10-7-8-11-21(19)29(27-23)18-12-14-28(15-13-18)16-22(31)33-25(3,4)6-2;3-1-2-4;/h7-8,10-11,17-18,20H,5-6,9,12-16H2,1-4H3,(H,26,30,32);2H,1H2;1H4. The number of piperidine rings is 1. The summed E-state index contributed by atoms with van der Waals surface area (Å²) in [5.74, 6) is -0.968. The Morgan fingerprint density at radius 3 is 2.39 bits per heavy atom. The van der Waals surface area contributed by atoms with E-state index < -0.39 is 11.5 Å². The van der Waals surface area contributed by atoms with Crippen molar-refractivity contribution in [1.82, 2.24) is 20.0 Å². The molecular formula is C28H43BrN4O5. The topological polar surface area (TPSA) is 111 Å². The highest BCUT2D eigenvalue weighted by Crippen LogP contribution is 2.33. The van der Waals surface area contributed by atoms with Gasteiger partial charge in [0, 0.05) is 18.5 Å². The van der Waals surface area contributed by atoms with Crippen LogP contribution in [-0.4, -0.2) is 69.8 Å². The van der Waals surface area contributed by atoms with Crippen molar-refractivity contribution < 1.29 is 23.9 Å². The summed E-state index contributed by atoms with van der Waals surface area (Å²) in [7, 11) is 0. The van der Waals surface area contributed by atoms with Crippen molar-refractivity contribution in [2.75, 3.05) is 25.0 Å². The number of para-hydroxylation sites is 1. The highest BCUT2D eigenvalue weighted by molar-refractivity contribution is 9.09. The Kier molecular flexibility index (Phi) is 14.4. The Hall–Kier alpha value is -2.59. The van der Waals surface area contributed by atoms with Crippen molar-refractivity contribution in [2.24, 2.45) is 0 Å². The van der Waals surface area contributed by atoms with Crippen LogP contribution in [0.15, 0.2) is 24.3 Å². The highest BCUT2D eigenvalue weighted by Gasteiger charge is 2.30. The Balaban J connectivity index is 0.00000135. The number of nitrogens with one attached hydrogen (secondary N) is 1. The molecule has 0 bridgehead atoms. The summed E-state index contributed by atoms with van der Waals surface area (Å²) in [4.78, 5) is 47.0. The van der Waals surface area contributed by atoms with Gasteiger partial charge in [-0.05, 0) is 45.6 Å². The Labute approximate surface area is 234 Å². The van der Waals surface area contributed by atoms with E-state index in [1.165, 1.54) is 0 Å². The SMILES string of the molecule is C.CCCC(C(=O)NC=O)c1nn(C2CCN(CC(=O)OC(C)(C)CC)CC2)c2ccccc12.O=CCBr. The monoisotopic (exact) mass is 594 g/mol. The molecule has 1 unspecified atom stereocenters. The fourth-order valence-corrected chi connectivity index (χ4v) is 4.41. The van der Waals surface area contributed by atoms with Crippen LogP contribution in [0.3, 0.4) is 0 Å². The number of hydrogen-bond donors (Lipinski definition) is 1. The molecule has 1 atom stereocenters. The molecule has 2 heterocycles. The number of amides is 2. The molecule has 2 amide bonds. The number of ether oxygens (including phenoxy) is 1. The number of imide groups is 1. The first kappa shape index (κ1) is 33.4. The van der Waals surface area contributed by atoms with Crippen LogP contribution >= 0.6 is 15.9 Å². The van der Waals surface area contributed by atoms with Gasteiger partial charge in [0.05, 0.1) is 35.0 Å². The first-order chi connectivity index (χ1) is 17.7. The number of aromatic nitrogens is 2. The summed E-state index contributed by atoms with van der Waals surface area (Å²) < 4.78 is 7.63. The van der Waals surface area contributed by atoms with Crippen molar-refractivity contribution in [3.8, 4) is 0 Å². The molecule has 0 spiro atoms. The highest BCUT2D eigenvalue weighted by atomic mass is 79.9. The molecule has 9 nitrogen and oxygen atoms in total. The quantitative estimate of drug-likeness (QED) is 0.226.